The molecule has 4 rings (SSSR count). The highest BCUT2D eigenvalue weighted by Crippen LogP contribution is 2.36. The number of hydrogen-bond donors (Lipinski definition) is 1. The monoisotopic (exact) mass is 294 g/mol. The Labute approximate surface area is 134 Å². The third-order valence-corrected chi connectivity index (χ3v) is 4.11. The molecule has 0 unspecified atom stereocenters. The van der Waals surface area contributed by atoms with Gasteiger partial charge in [-0.2, -0.15) is 5.26 Å². The van der Waals surface area contributed by atoms with Crippen molar-refractivity contribution < 1.29 is 0 Å². The van der Waals surface area contributed by atoms with Crippen LogP contribution in [-0.2, 0) is 0 Å². The first kappa shape index (κ1) is 13.4. The summed E-state index contributed by atoms with van der Waals surface area (Å²) >= 11 is 0. The molecule has 2 heteroatoms. The second-order valence-electron chi connectivity index (χ2n) is 5.49. The number of rotatable bonds is 2. The number of H-pyrrole nitrogens is 1. The van der Waals surface area contributed by atoms with Crippen molar-refractivity contribution in [1.82, 2.24) is 4.98 Å². The van der Waals surface area contributed by atoms with Gasteiger partial charge in [-0.25, -0.2) is 0 Å². The maximum atomic E-state index is 9.17. The van der Waals surface area contributed by atoms with Crippen LogP contribution in [0.2, 0.25) is 0 Å². The van der Waals surface area contributed by atoms with Gasteiger partial charge in [-0.15, -0.1) is 0 Å². The van der Waals surface area contributed by atoms with E-state index in [0.717, 1.165) is 16.5 Å². The number of nitrogens with zero attached hydrogens (tertiary/aromatic N) is 1. The van der Waals surface area contributed by atoms with Crippen LogP contribution in [0.25, 0.3) is 33.2 Å². The minimum absolute atomic E-state index is 0.676. The van der Waals surface area contributed by atoms with E-state index >= 15 is 0 Å². The maximum absolute atomic E-state index is 9.17. The number of aromatic amines is 1. The lowest BCUT2D eigenvalue weighted by molar-refractivity contribution is 1.46. The van der Waals surface area contributed by atoms with Crippen LogP contribution in [0.1, 0.15) is 5.56 Å². The third kappa shape index (κ3) is 2.29. The number of benzene rings is 3. The fourth-order valence-electron chi connectivity index (χ4n) is 3.00. The van der Waals surface area contributed by atoms with E-state index in [9.17, 15) is 0 Å². The number of hydrogen-bond acceptors (Lipinski definition) is 1. The van der Waals surface area contributed by atoms with Gasteiger partial charge in [0.1, 0.15) is 0 Å². The Balaban J connectivity index is 1.98. The van der Waals surface area contributed by atoms with E-state index in [0.29, 0.717) is 5.56 Å². The fraction of sp³-hybridized carbons (Fsp3) is 0. The average Bonchev–Trinajstić information content (AvgIpc) is 3.05. The molecule has 23 heavy (non-hydrogen) atoms. The van der Waals surface area contributed by atoms with Gasteiger partial charge in [-0.3, -0.25) is 0 Å². The molecule has 108 valence electrons. The molecule has 0 radical (unpaired) electrons. The highest BCUT2D eigenvalue weighted by molar-refractivity contribution is 6.00. The van der Waals surface area contributed by atoms with Crippen LogP contribution in [0.4, 0.5) is 0 Å². The van der Waals surface area contributed by atoms with E-state index in [1.54, 1.807) is 0 Å². The smallest absolute Gasteiger partial charge is 0.0991 e. The topological polar surface area (TPSA) is 39.6 Å². The van der Waals surface area contributed by atoms with Crippen molar-refractivity contribution in [3.63, 3.8) is 0 Å². The van der Waals surface area contributed by atoms with Crippen LogP contribution in [0.5, 0.6) is 0 Å². The molecular weight excluding hydrogens is 280 g/mol. The molecule has 0 fully saturated rings. The summed E-state index contributed by atoms with van der Waals surface area (Å²) in [5.41, 5.74) is 6.39. The third-order valence-electron chi connectivity index (χ3n) is 4.11. The molecule has 0 aliphatic heterocycles. The van der Waals surface area contributed by atoms with Crippen molar-refractivity contribution >= 4 is 10.9 Å². The lowest BCUT2D eigenvalue weighted by Crippen LogP contribution is -1.84. The lowest BCUT2D eigenvalue weighted by atomic mass is 9.94. The second-order valence-corrected chi connectivity index (χ2v) is 5.49. The summed E-state index contributed by atoms with van der Waals surface area (Å²) in [6.45, 7) is 0. The van der Waals surface area contributed by atoms with Crippen molar-refractivity contribution in [2.75, 3.05) is 0 Å². The number of fused-ring (bicyclic) bond motifs is 1. The largest absolute Gasteiger partial charge is 0.361 e. The first-order chi connectivity index (χ1) is 11.4. The summed E-state index contributed by atoms with van der Waals surface area (Å²) < 4.78 is 0. The summed E-state index contributed by atoms with van der Waals surface area (Å²) in [4.78, 5) is 3.31. The average molecular weight is 294 g/mol. The minimum Gasteiger partial charge on any atom is -0.361 e. The van der Waals surface area contributed by atoms with E-state index in [2.05, 4.69) is 59.6 Å². The van der Waals surface area contributed by atoms with Gasteiger partial charge in [0.05, 0.1) is 11.6 Å². The van der Waals surface area contributed by atoms with Crippen LogP contribution >= 0.6 is 0 Å². The molecular formula is C21H14N2. The summed E-state index contributed by atoms with van der Waals surface area (Å²) in [5, 5.41) is 10.2. The minimum atomic E-state index is 0.676. The van der Waals surface area contributed by atoms with E-state index < -0.39 is 0 Å². The van der Waals surface area contributed by atoms with E-state index in [-0.39, 0.29) is 0 Å². The molecule has 0 saturated heterocycles. The summed E-state index contributed by atoms with van der Waals surface area (Å²) in [7, 11) is 0. The molecule has 0 amide bonds. The van der Waals surface area contributed by atoms with E-state index in [1.165, 1.54) is 16.7 Å². The molecule has 0 spiro atoms. The van der Waals surface area contributed by atoms with Crippen molar-refractivity contribution in [1.29, 1.82) is 5.26 Å². The Morgan fingerprint density at radius 2 is 1.48 bits per heavy atom. The predicted molar refractivity (Wildman–Crippen MR) is 93.9 cm³/mol. The Morgan fingerprint density at radius 3 is 2.26 bits per heavy atom. The highest BCUT2D eigenvalue weighted by atomic mass is 14.7. The van der Waals surface area contributed by atoms with E-state index in [1.807, 2.05) is 30.5 Å². The van der Waals surface area contributed by atoms with Crippen LogP contribution in [0.15, 0.2) is 79.0 Å². The Kier molecular flexibility index (Phi) is 3.18. The summed E-state index contributed by atoms with van der Waals surface area (Å²) in [6, 6.07) is 26.7. The van der Waals surface area contributed by atoms with Gasteiger partial charge >= 0.3 is 0 Å². The number of nitrogens with one attached hydrogen (secondary N) is 1. The molecule has 2 nitrogen and oxygen atoms in total. The van der Waals surface area contributed by atoms with Gasteiger partial charge in [0, 0.05) is 22.7 Å². The zero-order valence-electron chi connectivity index (χ0n) is 12.5. The Bertz CT molecular complexity index is 1020. The molecule has 0 atom stereocenters. The standard InChI is InChI=1S/C21H14N2/c22-13-15-10-11-21-19(12-15)20(14-23-21)18-9-5-4-8-17(18)16-6-2-1-3-7-16/h1-12,14,23H. The van der Waals surface area contributed by atoms with Crippen molar-refractivity contribution in [3.05, 3.63) is 84.6 Å². The SMILES string of the molecule is N#Cc1ccc2[nH]cc(-c3ccccc3-c3ccccc3)c2c1. The predicted octanol–water partition coefficient (Wildman–Crippen LogP) is 5.37. The molecule has 1 aromatic heterocycles. The first-order valence-electron chi connectivity index (χ1n) is 7.53. The molecule has 0 saturated carbocycles. The zero-order valence-corrected chi connectivity index (χ0v) is 12.5. The Hall–Kier alpha value is -3.31. The maximum Gasteiger partial charge on any atom is 0.0991 e. The normalized spacial score (nSPS) is 10.6. The molecule has 0 aliphatic carbocycles. The summed E-state index contributed by atoms with van der Waals surface area (Å²) in [6.07, 6.45) is 2.02. The van der Waals surface area contributed by atoms with Crippen LogP contribution < -0.4 is 0 Å². The van der Waals surface area contributed by atoms with Crippen LogP contribution in [0, 0.1) is 11.3 Å². The fourth-order valence-corrected chi connectivity index (χ4v) is 3.00. The van der Waals surface area contributed by atoms with Gasteiger partial charge in [-0.1, -0.05) is 54.6 Å². The first-order valence-corrected chi connectivity index (χ1v) is 7.53. The number of nitriles is 1. The van der Waals surface area contributed by atoms with Gasteiger partial charge in [0.25, 0.3) is 0 Å². The van der Waals surface area contributed by atoms with Gasteiger partial charge in [-0.05, 0) is 34.9 Å². The molecule has 0 aliphatic rings. The zero-order chi connectivity index (χ0) is 15.6. The second kappa shape index (κ2) is 5.47. The molecule has 1 heterocycles. The van der Waals surface area contributed by atoms with Gasteiger partial charge < -0.3 is 4.98 Å². The molecule has 3 aromatic carbocycles. The van der Waals surface area contributed by atoms with Crippen LogP contribution in [0.3, 0.4) is 0 Å². The quantitative estimate of drug-likeness (QED) is 0.530. The summed E-state index contributed by atoms with van der Waals surface area (Å²) in [5.74, 6) is 0. The highest BCUT2D eigenvalue weighted by Gasteiger charge is 2.11. The van der Waals surface area contributed by atoms with Gasteiger partial charge in [0.2, 0.25) is 0 Å². The van der Waals surface area contributed by atoms with Crippen molar-refractivity contribution in [2.45, 2.75) is 0 Å². The Morgan fingerprint density at radius 1 is 0.739 bits per heavy atom. The molecule has 0 bridgehead atoms. The number of aromatic nitrogens is 1. The van der Waals surface area contributed by atoms with Gasteiger partial charge in [0.15, 0.2) is 0 Å². The molecule has 1 N–H and O–H groups in total. The van der Waals surface area contributed by atoms with Crippen LogP contribution in [-0.4, -0.2) is 4.98 Å². The van der Waals surface area contributed by atoms with Crippen molar-refractivity contribution in [3.8, 4) is 28.3 Å². The van der Waals surface area contributed by atoms with Crippen molar-refractivity contribution in [2.24, 2.45) is 0 Å². The lowest BCUT2D eigenvalue weighted by Gasteiger charge is -2.09. The molecule has 4 aromatic rings. The van der Waals surface area contributed by atoms with E-state index in [4.69, 9.17) is 5.26 Å².